The predicted molar refractivity (Wildman–Crippen MR) is 104 cm³/mol. The van der Waals surface area contributed by atoms with Crippen LogP contribution in [-0.2, 0) is 0 Å². The standard InChI is InChI=1S/C21H26N4O3/c26-20-18(28-15-7-6-9-22-14-15)13-17(19(20)25-11-4-1-5-12-25)24-21(27)16-8-2-3-10-23-16/h2-3,6-10,14,17-20,26H,1,4-5,11-13H2,(H,24,27)/t17-,18-,19+,20+/m1/s1. The molecule has 2 N–H and O–H groups in total. The van der Waals surface area contributed by atoms with Crippen LogP contribution in [-0.4, -0.2) is 63.3 Å². The first-order chi connectivity index (χ1) is 13.7. The summed E-state index contributed by atoms with van der Waals surface area (Å²) in [5.41, 5.74) is 0.381. The minimum absolute atomic E-state index is 0.172. The van der Waals surface area contributed by atoms with Gasteiger partial charge in [-0.1, -0.05) is 12.5 Å². The van der Waals surface area contributed by atoms with Crippen LogP contribution in [0.4, 0.5) is 0 Å². The molecule has 2 aromatic rings. The lowest BCUT2D eigenvalue weighted by atomic mass is 10.0. The molecule has 0 aromatic carbocycles. The second kappa shape index (κ2) is 8.67. The number of likely N-dealkylation sites (tertiary alicyclic amines) is 1. The first-order valence-corrected chi connectivity index (χ1v) is 9.93. The molecule has 0 bridgehead atoms. The molecule has 3 heterocycles. The zero-order valence-corrected chi connectivity index (χ0v) is 15.8. The fraction of sp³-hybridized carbons (Fsp3) is 0.476. The van der Waals surface area contributed by atoms with Gasteiger partial charge in [0.15, 0.2) is 0 Å². The number of hydrogen-bond donors (Lipinski definition) is 2. The molecule has 2 aromatic heterocycles. The Morgan fingerprint density at radius 1 is 1.14 bits per heavy atom. The predicted octanol–water partition coefficient (Wildman–Crippen LogP) is 1.64. The van der Waals surface area contributed by atoms with Gasteiger partial charge in [-0.3, -0.25) is 19.7 Å². The van der Waals surface area contributed by atoms with E-state index < -0.39 is 12.2 Å². The Labute approximate surface area is 164 Å². The van der Waals surface area contributed by atoms with E-state index in [0.29, 0.717) is 17.9 Å². The number of aromatic nitrogens is 2. The molecular formula is C21H26N4O3. The summed E-state index contributed by atoms with van der Waals surface area (Å²) in [6.07, 6.45) is 7.81. The molecule has 1 saturated carbocycles. The minimum Gasteiger partial charge on any atom is -0.486 e. The molecule has 1 amide bonds. The summed E-state index contributed by atoms with van der Waals surface area (Å²) in [7, 11) is 0. The van der Waals surface area contributed by atoms with Gasteiger partial charge in [-0.2, -0.15) is 0 Å². The first-order valence-electron chi connectivity index (χ1n) is 9.93. The van der Waals surface area contributed by atoms with Crippen molar-refractivity contribution in [1.82, 2.24) is 20.2 Å². The Morgan fingerprint density at radius 3 is 2.71 bits per heavy atom. The summed E-state index contributed by atoms with van der Waals surface area (Å²) in [5, 5.41) is 14.2. The molecule has 0 spiro atoms. The number of carbonyl (C=O) groups excluding carboxylic acids is 1. The molecule has 4 rings (SSSR count). The molecule has 0 radical (unpaired) electrons. The number of aliphatic hydroxyl groups is 1. The lowest BCUT2D eigenvalue weighted by Gasteiger charge is -2.37. The van der Waals surface area contributed by atoms with Crippen LogP contribution in [0.5, 0.6) is 5.75 Å². The fourth-order valence-electron chi connectivity index (χ4n) is 4.27. The molecule has 0 unspecified atom stereocenters. The number of carbonyl (C=O) groups is 1. The average Bonchev–Trinajstić information content (AvgIpc) is 3.04. The number of rotatable bonds is 5. The van der Waals surface area contributed by atoms with E-state index in [4.69, 9.17) is 4.74 Å². The zero-order valence-electron chi connectivity index (χ0n) is 15.8. The molecule has 1 aliphatic carbocycles. The topological polar surface area (TPSA) is 87.6 Å². The van der Waals surface area contributed by atoms with Crippen molar-refractivity contribution in [3.8, 4) is 5.75 Å². The van der Waals surface area contributed by atoms with E-state index in [1.165, 1.54) is 6.42 Å². The summed E-state index contributed by atoms with van der Waals surface area (Å²) in [6.45, 7) is 1.86. The molecule has 1 saturated heterocycles. The highest BCUT2D eigenvalue weighted by molar-refractivity contribution is 5.92. The van der Waals surface area contributed by atoms with Crippen molar-refractivity contribution in [2.24, 2.45) is 0 Å². The van der Waals surface area contributed by atoms with Crippen LogP contribution in [0.25, 0.3) is 0 Å². The number of aliphatic hydroxyl groups excluding tert-OH is 1. The van der Waals surface area contributed by atoms with Crippen molar-refractivity contribution < 1.29 is 14.6 Å². The minimum atomic E-state index is -0.688. The zero-order chi connectivity index (χ0) is 19.3. The number of pyridine rings is 2. The Morgan fingerprint density at radius 2 is 2.00 bits per heavy atom. The van der Waals surface area contributed by atoms with Gasteiger partial charge in [-0.05, 0) is 50.2 Å². The third kappa shape index (κ3) is 4.15. The van der Waals surface area contributed by atoms with Gasteiger partial charge in [-0.25, -0.2) is 0 Å². The van der Waals surface area contributed by atoms with E-state index >= 15 is 0 Å². The molecular weight excluding hydrogens is 356 g/mol. The highest BCUT2D eigenvalue weighted by atomic mass is 16.5. The van der Waals surface area contributed by atoms with Crippen LogP contribution in [0, 0.1) is 0 Å². The van der Waals surface area contributed by atoms with E-state index in [1.54, 1.807) is 42.9 Å². The molecule has 1 aliphatic heterocycles. The molecule has 4 atom stereocenters. The largest absolute Gasteiger partial charge is 0.486 e. The smallest absolute Gasteiger partial charge is 0.270 e. The lowest BCUT2D eigenvalue weighted by molar-refractivity contribution is 0.00135. The third-order valence-electron chi connectivity index (χ3n) is 5.58. The Bertz CT molecular complexity index is 768. The van der Waals surface area contributed by atoms with Gasteiger partial charge >= 0.3 is 0 Å². The van der Waals surface area contributed by atoms with Crippen molar-refractivity contribution in [3.05, 3.63) is 54.6 Å². The van der Waals surface area contributed by atoms with E-state index in [0.717, 1.165) is 25.9 Å². The Hall–Kier alpha value is -2.51. The van der Waals surface area contributed by atoms with Crippen LogP contribution < -0.4 is 10.1 Å². The Balaban J connectivity index is 1.52. The summed E-state index contributed by atoms with van der Waals surface area (Å²) in [6, 6.07) is 8.53. The quantitative estimate of drug-likeness (QED) is 0.818. The number of nitrogens with one attached hydrogen (secondary N) is 1. The monoisotopic (exact) mass is 382 g/mol. The van der Waals surface area contributed by atoms with Gasteiger partial charge in [0.2, 0.25) is 0 Å². The lowest BCUT2D eigenvalue weighted by Crippen LogP contribution is -2.54. The highest BCUT2D eigenvalue weighted by Crippen LogP contribution is 2.31. The van der Waals surface area contributed by atoms with Crippen molar-refractivity contribution in [3.63, 3.8) is 0 Å². The molecule has 148 valence electrons. The fourth-order valence-corrected chi connectivity index (χ4v) is 4.27. The Kier molecular flexibility index (Phi) is 5.83. The highest BCUT2D eigenvalue weighted by Gasteiger charge is 2.47. The second-order valence-electron chi connectivity index (χ2n) is 7.45. The number of hydrogen-bond acceptors (Lipinski definition) is 6. The number of nitrogens with zero attached hydrogens (tertiary/aromatic N) is 3. The van der Waals surface area contributed by atoms with E-state index in [9.17, 15) is 9.90 Å². The summed E-state index contributed by atoms with van der Waals surface area (Å²) >= 11 is 0. The number of piperidine rings is 1. The van der Waals surface area contributed by atoms with Gasteiger partial charge in [0.05, 0.1) is 18.3 Å². The normalized spacial score (nSPS) is 28.0. The maximum atomic E-state index is 12.7. The first kappa shape index (κ1) is 18.8. The molecule has 2 fully saturated rings. The summed E-state index contributed by atoms with van der Waals surface area (Å²) in [5.74, 6) is 0.405. The van der Waals surface area contributed by atoms with Crippen LogP contribution in [0.2, 0.25) is 0 Å². The summed E-state index contributed by atoms with van der Waals surface area (Å²) in [4.78, 5) is 23.2. The van der Waals surface area contributed by atoms with Crippen LogP contribution in [0.1, 0.15) is 36.2 Å². The van der Waals surface area contributed by atoms with E-state index in [-0.39, 0.29) is 18.0 Å². The number of ether oxygens (including phenoxy) is 1. The van der Waals surface area contributed by atoms with Crippen molar-refractivity contribution in [2.45, 2.75) is 50.0 Å². The van der Waals surface area contributed by atoms with Crippen molar-refractivity contribution in [2.75, 3.05) is 13.1 Å². The maximum Gasteiger partial charge on any atom is 0.270 e. The summed E-state index contributed by atoms with van der Waals surface area (Å²) < 4.78 is 6.02. The SMILES string of the molecule is O=C(N[C@@H]1C[C@@H](Oc2cccnc2)[C@H](O)[C@H]1N1CCCCC1)c1ccccn1. The second-order valence-corrected chi connectivity index (χ2v) is 7.45. The van der Waals surface area contributed by atoms with Crippen LogP contribution in [0.3, 0.4) is 0 Å². The van der Waals surface area contributed by atoms with Crippen LogP contribution >= 0.6 is 0 Å². The van der Waals surface area contributed by atoms with Gasteiger partial charge in [-0.15, -0.1) is 0 Å². The van der Waals surface area contributed by atoms with Gasteiger partial charge in [0.1, 0.15) is 23.7 Å². The molecule has 28 heavy (non-hydrogen) atoms. The van der Waals surface area contributed by atoms with Gasteiger partial charge in [0.25, 0.3) is 5.91 Å². The molecule has 7 heteroatoms. The van der Waals surface area contributed by atoms with Crippen molar-refractivity contribution in [1.29, 1.82) is 0 Å². The van der Waals surface area contributed by atoms with E-state index in [1.807, 2.05) is 6.07 Å². The number of amides is 1. The van der Waals surface area contributed by atoms with Crippen molar-refractivity contribution >= 4 is 5.91 Å². The van der Waals surface area contributed by atoms with Gasteiger partial charge in [0, 0.05) is 18.8 Å². The maximum absolute atomic E-state index is 12.7. The van der Waals surface area contributed by atoms with Crippen LogP contribution in [0.15, 0.2) is 48.9 Å². The van der Waals surface area contributed by atoms with E-state index in [2.05, 4.69) is 20.2 Å². The molecule has 7 nitrogen and oxygen atoms in total. The van der Waals surface area contributed by atoms with Gasteiger partial charge < -0.3 is 15.2 Å². The average molecular weight is 382 g/mol. The third-order valence-corrected chi connectivity index (χ3v) is 5.58. The molecule has 2 aliphatic rings.